The predicted molar refractivity (Wildman–Crippen MR) is 93.3 cm³/mol. The highest BCUT2D eigenvalue weighted by Crippen LogP contribution is 2.18. The molecule has 0 aliphatic rings. The van der Waals surface area contributed by atoms with Crippen LogP contribution >= 0.6 is 0 Å². The molecular weight excluding hydrogens is 306 g/mol. The van der Waals surface area contributed by atoms with Crippen LogP contribution in [0, 0.1) is 5.92 Å². The molecule has 0 spiro atoms. The first-order valence-corrected chi connectivity index (χ1v) is 7.70. The molecule has 0 saturated heterocycles. The Morgan fingerprint density at radius 1 is 1.08 bits per heavy atom. The van der Waals surface area contributed by atoms with E-state index in [-0.39, 0.29) is 17.7 Å². The molecule has 2 rings (SSSR count). The van der Waals surface area contributed by atoms with Crippen LogP contribution < -0.4 is 15.4 Å². The molecule has 2 aromatic rings. The van der Waals surface area contributed by atoms with Gasteiger partial charge in [-0.3, -0.25) is 9.59 Å². The molecule has 0 fully saturated rings. The highest BCUT2D eigenvalue weighted by atomic mass is 16.5. The van der Waals surface area contributed by atoms with Gasteiger partial charge in [0.1, 0.15) is 5.56 Å². The van der Waals surface area contributed by atoms with E-state index in [2.05, 4.69) is 15.6 Å². The number of carbonyl (C=O) groups is 2. The van der Waals surface area contributed by atoms with Gasteiger partial charge in [-0.05, 0) is 42.3 Å². The maximum absolute atomic E-state index is 12.3. The summed E-state index contributed by atoms with van der Waals surface area (Å²) in [6.07, 6.45) is 2.03. The Hall–Kier alpha value is -2.89. The van der Waals surface area contributed by atoms with Crippen LogP contribution in [0.2, 0.25) is 0 Å². The summed E-state index contributed by atoms with van der Waals surface area (Å²) >= 11 is 0. The van der Waals surface area contributed by atoms with Gasteiger partial charge in [0.25, 0.3) is 5.91 Å². The van der Waals surface area contributed by atoms with Crippen LogP contribution in [0.5, 0.6) is 5.88 Å². The highest BCUT2D eigenvalue weighted by Gasteiger charge is 2.13. The minimum absolute atomic E-state index is 0.0260. The van der Waals surface area contributed by atoms with Crippen molar-refractivity contribution >= 4 is 23.2 Å². The zero-order chi connectivity index (χ0) is 17.5. The van der Waals surface area contributed by atoms with Gasteiger partial charge in [0.05, 0.1) is 7.11 Å². The van der Waals surface area contributed by atoms with Crippen molar-refractivity contribution in [2.24, 2.45) is 5.92 Å². The van der Waals surface area contributed by atoms with E-state index in [1.807, 2.05) is 13.8 Å². The maximum atomic E-state index is 12.3. The first-order chi connectivity index (χ1) is 11.5. The average Bonchev–Trinajstić information content (AvgIpc) is 2.55. The van der Waals surface area contributed by atoms with Crippen LogP contribution in [0.25, 0.3) is 0 Å². The lowest BCUT2D eigenvalue weighted by molar-refractivity contribution is -0.116. The summed E-state index contributed by atoms with van der Waals surface area (Å²) in [6, 6.07) is 10.3. The lowest BCUT2D eigenvalue weighted by Gasteiger charge is -2.10. The van der Waals surface area contributed by atoms with E-state index < -0.39 is 0 Å². The van der Waals surface area contributed by atoms with E-state index in [4.69, 9.17) is 4.74 Å². The molecule has 6 nitrogen and oxygen atoms in total. The Morgan fingerprint density at radius 3 is 2.29 bits per heavy atom. The van der Waals surface area contributed by atoms with E-state index in [1.165, 1.54) is 7.11 Å². The Kier molecular flexibility index (Phi) is 5.89. The summed E-state index contributed by atoms with van der Waals surface area (Å²) in [4.78, 5) is 28.0. The Bertz CT molecular complexity index is 712. The van der Waals surface area contributed by atoms with Gasteiger partial charge in [-0.2, -0.15) is 0 Å². The number of methoxy groups -OCH3 is 1. The second kappa shape index (κ2) is 8.10. The third-order valence-electron chi connectivity index (χ3n) is 3.23. The molecule has 0 atom stereocenters. The highest BCUT2D eigenvalue weighted by molar-refractivity contribution is 6.05. The van der Waals surface area contributed by atoms with E-state index in [1.54, 1.807) is 42.6 Å². The number of ether oxygens (including phenoxy) is 1. The third-order valence-corrected chi connectivity index (χ3v) is 3.23. The second-order valence-electron chi connectivity index (χ2n) is 5.74. The number of anilines is 2. The van der Waals surface area contributed by atoms with Gasteiger partial charge in [-0.15, -0.1) is 0 Å². The largest absolute Gasteiger partial charge is 0.480 e. The van der Waals surface area contributed by atoms with Crippen molar-refractivity contribution in [3.8, 4) is 5.88 Å². The molecule has 1 aromatic heterocycles. The molecule has 2 amide bonds. The molecule has 24 heavy (non-hydrogen) atoms. The fourth-order valence-electron chi connectivity index (χ4n) is 2.14. The van der Waals surface area contributed by atoms with E-state index in [0.717, 1.165) is 0 Å². The summed E-state index contributed by atoms with van der Waals surface area (Å²) in [7, 11) is 1.47. The summed E-state index contributed by atoms with van der Waals surface area (Å²) in [5, 5.41) is 5.60. The van der Waals surface area contributed by atoms with Crippen molar-refractivity contribution in [1.29, 1.82) is 0 Å². The van der Waals surface area contributed by atoms with E-state index in [9.17, 15) is 9.59 Å². The molecule has 0 saturated carbocycles. The zero-order valence-corrected chi connectivity index (χ0v) is 14.0. The smallest absolute Gasteiger partial charge is 0.261 e. The molecule has 0 bridgehead atoms. The van der Waals surface area contributed by atoms with Gasteiger partial charge < -0.3 is 15.4 Å². The SMILES string of the molecule is COc1ncccc1C(=O)Nc1ccc(NC(=O)CC(C)C)cc1. The Morgan fingerprint density at radius 2 is 1.71 bits per heavy atom. The van der Waals surface area contributed by atoms with Crippen molar-refractivity contribution in [3.05, 3.63) is 48.2 Å². The first kappa shape index (κ1) is 17.5. The van der Waals surface area contributed by atoms with Gasteiger partial charge in [-0.1, -0.05) is 13.8 Å². The number of amides is 2. The molecule has 2 N–H and O–H groups in total. The van der Waals surface area contributed by atoms with Gasteiger partial charge in [0.2, 0.25) is 11.8 Å². The third kappa shape index (κ3) is 4.81. The molecule has 0 unspecified atom stereocenters. The normalized spacial score (nSPS) is 10.3. The Balaban J connectivity index is 2.01. The standard InChI is InChI=1S/C18H21N3O3/c1-12(2)11-16(22)20-13-6-8-14(9-7-13)21-17(23)15-5-4-10-19-18(15)24-3/h4-10,12H,11H2,1-3H3,(H,20,22)(H,21,23). The number of pyridine rings is 1. The molecule has 0 aliphatic heterocycles. The number of nitrogens with zero attached hydrogens (tertiary/aromatic N) is 1. The molecule has 126 valence electrons. The number of carbonyl (C=O) groups excluding carboxylic acids is 2. The lowest BCUT2D eigenvalue weighted by atomic mass is 10.1. The number of rotatable bonds is 6. The van der Waals surface area contributed by atoms with E-state index in [0.29, 0.717) is 29.3 Å². The minimum Gasteiger partial charge on any atom is -0.480 e. The summed E-state index contributed by atoms with van der Waals surface area (Å²) in [6.45, 7) is 3.98. The molecule has 1 heterocycles. The molecular formula is C18H21N3O3. The van der Waals surface area contributed by atoms with Gasteiger partial charge in [0.15, 0.2) is 0 Å². The van der Waals surface area contributed by atoms with Gasteiger partial charge in [0, 0.05) is 24.0 Å². The number of nitrogens with one attached hydrogen (secondary N) is 2. The second-order valence-corrected chi connectivity index (χ2v) is 5.74. The molecule has 0 aliphatic carbocycles. The lowest BCUT2D eigenvalue weighted by Crippen LogP contribution is -2.15. The van der Waals surface area contributed by atoms with Crippen molar-refractivity contribution < 1.29 is 14.3 Å². The van der Waals surface area contributed by atoms with Crippen LogP contribution in [0.3, 0.4) is 0 Å². The molecule has 1 aromatic carbocycles. The quantitative estimate of drug-likeness (QED) is 0.853. The maximum Gasteiger partial charge on any atom is 0.261 e. The number of benzene rings is 1. The first-order valence-electron chi connectivity index (χ1n) is 7.70. The van der Waals surface area contributed by atoms with Crippen molar-refractivity contribution in [1.82, 2.24) is 4.98 Å². The fraction of sp³-hybridized carbons (Fsp3) is 0.278. The topological polar surface area (TPSA) is 80.3 Å². The summed E-state index contributed by atoms with van der Waals surface area (Å²) in [5.74, 6) is 0.240. The van der Waals surface area contributed by atoms with Crippen molar-refractivity contribution in [3.63, 3.8) is 0 Å². The van der Waals surface area contributed by atoms with E-state index >= 15 is 0 Å². The van der Waals surface area contributed by atoms with Crippen LogP contribution in [-0.4, -0.2) is 23.9 Å². The zero-order valence-electron chi connectivity index (χ0n) is 14.0. The summed E-state index contributed by atoms with van der Waals surface area (Å²) < 4.78 is 5.08. The summed E-state index contributed by atoms with van der Waals surface area (Å²) in [5.41, 5.74) is 1.67. The van der Waals surface area contributed by atoms with Crippen molar-refractivity contribution in [2.75, 3.05) is 17.7 Å². The van der Waals surface area contributed by atoms with Gasteiger partial charge >= 0.3 is 0 Å². The van der Waals surface area contributed by atoms with Crippen LogP contribution in [-0.2, 0) is 4.79 Å². The van der Waals surface area contributed by atoms with Crippen molar-refractivity contribution in [2.45, 2.75) is 20.3 Å². The van der Waals surface area contributed by atoms with Gasteiger partial charge in [-0.25, -0.2) is 4.98 Å². The van der Waals surface area contributed by atoms with Crippen LogP contribution in [0.1, 0.15) is 30.6 Å². The van der Waals surface area contributed by atoms with Crippen LogP contribution in [0.4, 0.5) is 11.4 Å². The molecule has 0 radical (unpaired) electrons. The molecule has 6 heteroatoms. The predicted octanol–water partition coefficient (Wildman–Crippen LogP) is 3.33. The number of hydrogen-bond donors (Lipinski definition) is 2. The van der Waals surface area contributed by atoms with Crippen LogP contribution in [0.15, 0.2) is 42.6 Å². The Labute approximate surface area is 141 Å². The average molecular weight is 327 g/mol. The minimum atomic E-state index is -0.309. The monoisotopic (exact) mass is 327 g/mol. The number of hydrogen-bond acceptors (Lipinski definition) is 4. The number of aromatic nitrogens is 1. The fourth-order valence-corrected chi connectivity index (χ4v) is 2.14.